The van der Waals surface area contributed by atoms with E-state index in [0.717, 1.165) is 17.7 Å². The van der Waals surface area contributed by atoms with E-state index in [-0.39, 0.29) is 23.3 Å². The molecule has 0 aromatic heterocycles. The fraction of sp³-hybridized carbons (Fsp3) is 0.520. The summed E-state index contributed by atoms with van der Waals surface area (Å²) >= 11 is 0. The van der Waals surface area contributed by atoms with E-state index >= 15 is 0 Å². The Bertz CT molecular complexity index is 1130. The Hall–Kier alpha value is -1.92. The molecule has 2 rings (SSSR count). The highest BCUT2D eigenvalue weighted by atomic mass is 16.5. The van der Waals surface area contributed by atoms with Crippen LogP contribution < -0.4 is 5.32 Å². The summed E-state index contributed by atoms with van der Waals surface area (Å²) in [5, 5.41) is 31.6. The molecule has 0 saturated heterocycles. The Morgan fingerprint density at radius 1 is 1.00 bits per heavy atom. The molecule has 0 heterocycles. The Kier molecular flexibility index (Phi) is 6.40. The summed E-state index contributed by atoms with van der Waals surface area (Å²) in [5.74, 6) is -0.273. The predicted octanol–water partition coefficient (Wildman–Crippen LogP) is 4.11. The maximum atomic E-state index is 10.5. The first-order valence-electron chi connectivity index (χ1n) is 15.3. The van der Waals surface area contributed by atoms with Crippen molar-refractivity contribution in [1.29, 1.82) is 0 Å². The van der Waals surface area contributed by atoms with Crippen LogP contribution in [0.4, 0.5) is 0 Å². The van der Waals surface area contributed by atoms with Gasteiger partial charge < -0.3 is 25.4 Å². The topological polar surface area (TPSA) is 82.0 Å². The Balaban J connectivity index is 2.00. The monoisotopic (exact) mass is 426 g/mol. The van der Waals surface area contributed by atoms with Crippen LogP contribution in [0.1, 0.15) is 76.3 Å². The van der Waals surface area contributed by atoms with E-state index in [0.29, 0.717) is 12.8 Å². The van der Waals surface area contributed by atoms with Crippen molar-refractivity contribution in [1.82, 2.24) is 5.32 Å². The van der Waals surface area contributed by atoms with Crippen LogP contribution in [0.5, 0.6) is 5.75 Å². The standard InChI is InChI=1S/C25H37NO4/c27-20-23-18-22(13-14-24(23)28)25(29)19-26-15-7-1-2-8-16-30-17-9-6-12-21-10-4-3-5-11-21/h3-5,10-11,13-14,18,25-29H,1-2,6-9,12,15-17,19-20H2/i7D2,8D2,15D2,16D2,17D2,25D. The van der Waals surface area contributed by atoms with Gasteiger partial charge >= 0.3 is 0 Å². The summed E-state index contributed by atoms with van der Waals surface area (Å²) in [4.78, 5) is 0. The average Bonchev–Trinajstić information content (AvgIpc) is 2.86. The minimum atomic E-state index is -3.18. The molecule has 0 radical (unpaired) electrons. The molecule has 0 aliphatic heterocycles. The lowest BCUT2D eigenvalue weighted by Crippen LogP contribution is -2.22. The molecule has 4 N–H and O–H groups in total. The van der Waals surface area contributed by atoms with Crippen molar-refractivity contribution < 1.29 is 35.1 Å². The van der Waals surface area contributed by atoms with Crippen molar-refractivity contribution in [2.75, 3.05) is 26.2 Å². The van der Waals surface area contributed by atoms with Crippen molar-refractivity contribution in [3.8, 4) is 5.75 Å². The number of phenols is 1. The normalized spacial score (nSPS) is 21.1. The van der Waals surface area contributed by atoms with Crippen LogP contribution in [0.15, 0.2) is 48.5 Å². The van der Waals surface area contributed by atoms with Gasteiger partial charge in [-0.05, 0) is 61.8 Å². The Labute approximate surface area is 196 Å². The average molecular weight is 427 g/mol. The van der Waals surface area contributed by atoms with Gasteiger partial charge in [0.05, 0.1) is 19.5 Å². The zero-order valence-corrected chi connectivity index (χ0v) is 16.8. The van der Waals surface area contributed by atoms with E-state index in [1.54, 1.807) is 0 Å². The zero-order chi connectivity index (χ0) is 31.3. The Morgan fingerprint density at radius 2 is 1.80 bits per heavy atom. The summed E-state index contributed by atoms with van der Waals surface area (Å²) in [6, 6.07) is 12.7. The maximum Gasteiger partial charge on any atom is 0.121 e. The minimum absolute atomic E-state index is 0.0193. The molecule has 5 heteroatoms. The summed E-state index contributed by atoms with van der Waals surface area (Å²) < 4.78 is 94.2. The number of aliphatic hydroxyl groups is 2. The number of aryl methyl sites for hydroxylation is 1. The molecule has 1 unspecified atom stereocenters. The maximum absolute atomic E-state index is 10.5. The van der Waals surface area contributed by atoms with Crippen LogP contribution in [0, 0.1) is 0 Å². The van der Waals surface area contributed by atoms with Crippen molar-refractivity contribution in [2.45, 2.75) is 57.5 Å². The molecule has 0 amide bonds. The van der Waals surface area contributed by atoms with Gasteiger partial charge in [0.15, 0.2) is 0 Å². The van der Waals surface area contributed by atoms with Gasteiger partial charge in [0, 0.05) is 33.5 Å². The summed E-state index contributed by atoms with van der Waals surface area (Å²) in [6.45, 7) is -10.0. The third-order valence-corrected chi connectivity index (χ3v) is 4.17. The molecule has 0 spiro atoms. The fourth-order valence-electron chi connectivity index (χ4n) is 2.56. The fourth-order valence-corrected chi connectivity index (χ4v) is 2.56. The first kappa shape index (κ1) is 12.8. The van der Waals surface area contributed by atoms with Crippen LogP contribution >= 0.6 is 0 Å². The van der Waals surface area contributed by atoms with Gasteiger partial charge in [-0.1, -0.05) is 49.2 Å². The van der Waals surface area contributed by atoms with Gasteiger partial charge in [-0.25, -0.2) is 0 Å². The molecule has 0 bridgehead atoms. The number of nitrogens with one attached hydrogen (secondary N) is 1. The van der Waals surface area contributed by atoms with E-state index < -0.39 is 64.4 Å². The van der Waals surface area contributed by atoms with Crippen molar-refractivity contribution >= 4 is 0 Å². The van der Waals surface area contributed by atoms with E-state index in [2.05, 4.69) is 5.32 Å². The van der Waals surface area contributed by atoms with Gasteiger partial charge in [0.1, 0.15) is 5.75 Å². The predicted molar refractivity (Wildman–Crippen MR) is 121 cm³/mol. The van der Waals surface area contributed by atoms with Gasteiger partial charge in [0.25, 0.3) is 0 Å². The van der Waals surface area contributed by atoms with Crippen LogP contribution in [-0.2, 0) is 17.8 Å². The second kappa shape index (κ2) is 15.0. The molecular formula is C25H37NO4. The molecule has 5 nitrogen and oxygen atoms in total. The lowest BCUT2D eigenvalue weighted by molar-refractivity contribution is 0.126. The number of aliphatic hydroxyl groups excluding tert-OH is 1. The van der Waals surface area contributed by atoms with Crippen molar-refractivity contribution in [3.63, 3.8) is 0 Å². The zero-order valence-electron chi connectivity index (χ0n) is 27.8. The molecule has 2 aromatic rings. The molecule has 166 valence electrons. The van der Waals surface area contributed by atoms with Gasteiger partial charge in [-0.2, -0.15) is 0 Å². The number of aromatic hydroxyl groups is 1. The molecular weight excluding hydrogens is 378 g/mol. The summed E-state index contributed by atoms with van der Waals surface area (Å²) in [7, 11) is 0. The molecule has 2 aromatic carbocycles. The van der Waals surface area contributed by atoms with Gasteiger partial charge in [-0.3, -0.25) is 0 Å². The number of hydrogen-bond acceptors (Lipinski definition) is 5. The van der Waals surface area contributed by atoms with E-state index in [1.807, 2.05) is 30.3 Å². The molecule has 0 saturated carbocycles. The summed E-state index contributed by atoms with van der Waals surface area (Å²) in [6.07, 6.45) is -9.38. The smallest absolute Gasteiger partial charge is 0.121 e. The van der Waals surface area contributed by atoms with Crippen molar-refractivity contribution in [3.05, 3.63) is 65.2 Å². The number of hydrogen-bond donors (Lipinski definition) is 4. The van der Waals surface area contributed by atoms with Crippen LogP contribution in [0.3, 0.4) is 0 Å². The van der Waals surface area contributed by atoms with Gasteiger partial charge in [0.2, 0.25) is 0 Å². The first-order chi connectivity index (χ1) is 18.6. The van der Waals surface area contributed by atoms with Crippen molar-refractivity contribution in [2.24, 2.45) is 0 Å². The van der Waals surface area contributed by atoms with E-state index in [4.69, 9.17) is 19.8 Å². The minimum Gasteiger partial charge on any atom is -0.508 e. The first-order valence-corrected chi connectivity index (χ1v) is 9.80. The SMILES string of the molecule is [2H]C([2H])(CCCc1ccccc1)OC([2H])([2H])C([2H])([2H])CCC([2H])([2H])C([2H])([2H])NCC([2H])(O)c1ccc(O)c(CO)c1. The Morgan fingerprint density at radius 3 is 2.60 bits per heavy atom. The second-order valence-corrected chi connectivity index (χ2v) is 6.47. The third-order valence-electron chi connectivity index (χ3n) is 4.17. The van der Waals surface area contributed by atoms with Crippen LogP contribution in [0.25, 0.3) is 0 Å². The molecule has 0 aliphatic carbocycles. The van der Waals surface area contributed by atoms with E-state index in [1.165, 1.54) is 6.07 Å². The largest absolute Gasteiger partial charge is 0.508 e. The second-order valence-electron chi connectivity index (χ2n) is 6.47. The molecule has 1 atom stereocenters. The highest BCUT2D eigenvalue weighted by Gasteiger charge is 2.09. The van der Waals surface area contributed by atoms with Crippen LogP contribution in [0.2, 0.25) is 0 Å². The quantitative estimate of drug-likeness (QED) is 0.325. The summed E-state index contributed by atoms with van der Waals surface area (Å²) in [5.41, 5.74) is 0.863. The number of rotatable bonds is 16. The highest BCUT2D eigenvalue weighted by Crippen LogP contribution is 2.22. The number of ether oxygens (including phenoxy) is 1. The lowest BCUT2D eigenvalue weighted by Gasteiger charge is -2.14. The molecule has 30 heavy (non-hydrogen) atoms. The molecule has 0 fully saturated rings. The third kappa shape index (κ3) is 9.72. The number of benzene rings is 2. The lowest BCUT2D eigenvalue weighted by atomic mass is 10.1. The highest BCUT2D eigenvalue weighted by molar-refractivity contribution is 5.36. The van der Waals surface area contributed by atoms with Gasteiger partial charge in [-0.15, -0.1) is 0 Å². The molecule has 0 aliphatic rings. The van der Waals surface area contributed by atoms with E-state index in [9.17, 15) is 15.3 Å². The van der Waals surface area contributed by atoms with Crippen LogP contribution in [-0.4, -0.2) is 41.5 Å².